The molecule has 8 unspecified atom stereocenters. The molecule has 56 heavy (non-hydrogen) atoms. The number of amides is 4. The van der Waals surface area contributed by atoms with Crippen molar-refractivity contribution in [2.45, 2.75) is 114 Å². The second kappa shape index (κ2) is 14.6. The molecule has 3 saturated heterocycles. The number of aliphatic hydroxyl groups is 2. The van der Waals surface area contributed by atoms with E-state index < -0.39 is 137 Å². The van der Waals surface area contributed by atoms with Gasteiger partial charge in [-0.25, -0.2) is 4.79 Å². The number of phenolic OH excluding ortho intramolecular Hbond substituents is 2. The summed E-state index contributed by atoms with van der Waals surface area (Å²) >= 11 is 0. The summed E-state index contributed by atoms with van der Waals surface area (Å²) in [6.07, 6.45) is -8.08. The molecule has 2 aromatic carbocycles. The maximum Gasteiger partial charge on any atom is 0.328 e. The van der Waals surface area contributed by atoms with E-state index in [1.807, 2.05) is 0 Å². The topological polar surface area (TPSA) is 266 Å². The number of hydrogen-bond donors (Lipinski definition) is 7. The number of ketones is 3. The smallest absolute Gasteiger partial charge is 0.328 e. The number of carbonyl (C=O) groups is 6. The molecule has 0 radical (unpaired) electrons. The number of aromatic hydroxyl groups is 2. The standard InChI is InChI=1S/C38H43N3O15/c1-13(42)9-22-53-14(2)29(28-35(48)40-37(50)41-36(28)49)39-19-10-23(54-15(3)34(19)56-22)55-21-12-38(51,16(4)43)11-18-25(21)33(47)27-26(31(18)45)30(44)17-7-6-8-20(52-5)24(17)32(27)46/h6-8,13-15,19,21-23,28-29,34,39,42,45,47,51H,9-12H2,1-5H3,(H2,40,41,48,49,50)/t13?,14?,15?,19?,21-,22?,23?,29?,34?,38-/m0/s1. The number of rotatable bonds is 7. The van der Waals surface area contributed by atoms with Gasteiger partial charge in [0.25, 0.3) is 0 Å². The number of benzene rings is 2. The Morgan fingerprint density at radius 3 is 2.29 bits per heavy atom. The van der Waals surface area contributed by atoms with E-state index in [1.165, 1.54) is 32.2 Å². The largest absolute Gasteiger partial charge is 0.507 e. The van der Waals surface area contributed by atoms with Gasteiger partial charge < -0.3 is 49.4 Å². The molecule has 7 rings (SSSR count). The lowest BCUT2D eigenvalue weighted by Crippen LogP contribution is -2.68. The lowest BCUT2D eigenvalue weighted by Gasteiger charge is -2.48. The molecular weight excluding hydrogens is 738 g/mol. The minimum Gasteiger partial charge on any atom is -0.507 e. The number of Topliss-reactive ketones (excluding diaryl/α,β-unsaturated/α-hetero) is 1. The molecule has 4 amide bonds. The molecule has 18 nitrogen and oxygen atoms in total. The van der Waals surface area contributed by atoms with Crippen LogP contribution in [-0.4, -0.2) is 117 Å². The van der Waals surface area contributed by atoms with Crippen LogP contribution in [-0.2, 0) is 39.8 Å². The summed E-state index contributed by atoms with van der Waals surface area (Å²) in [6, 6.07) is 1.57. The number of barbiturate groups is 1. The Hall–Kier alpha value is -4.82. The number of aliphatic hydroxyl groups excluding tert-OH is 1. The van der Waals surface area contributed by atoms with E-state index >= 15 is 0 Å². The molecule has 2 aliphatic carbocycles. The highest BCUT2D eigenvalue weighted by molar-refractivity contribution is 6.31. The number of phenols is 2. The summed E-state index contributed by atoms with van der Waals surface area (Å²) in [5, 5.41) is 53.0. The Labute approximate surface area is 319 Å². The van der Waals surface area contributed by atoms with Crippen LogP contribution in [0.2, 0.25) is 0 Å². The lowest BCUT2D eigenvalue weighted by atomic mass is 9.72. The van der Waals surface area contributed by atoms with Crippen molar-refractivity contribution in [3.63, 3.8) is 0 Å². The second-order valence-electron chi connectivity index (χ2n) is 15.0. The van der Waals surface area contributed by atoms with E-state index in [-0.39, 0.29) is 40.8 Å². The van der Waals surface area contributed by atoms with E-state index in [0.29, 0.717) is 0 Å². The average molecular weight is 782 g/mol. The minimum absolute atomic E-state index is 0.0155. The van der Waals surface area contributed by atoms with Gasteiger partial charge in [0, 0.05) is 48.4 Å². The number of carbonyl (C=O) groups excluding carboxylic acids is 6. The van der Waals surface area contributed by atoms with Gasteiger partial charge in [-0.15, -0.1) is 0 Å². The van der Waals surface area contributed by atoms with Crippen LogP contribution >= 0.6 is 0 Å². The van der Waals surface area contributed by atoms with Crippen LogP contribution in [0.5, 0.6) is 17.2 Å². The number of imide groups is 2. The Kier molecular flexibility index (Phi) is 10.3. The number of urea groups is 1. The monoisotopic (exact) mass is 781 g/mol. The fourth-order valence-electron chi connectivity index (χ4n) is 8.51. The van der Waals surface area contributed by atoms with Crippen LogP contribution in [0.4, 0.5) is 4.79 Å². The number of nitrogens with one attached hydrogen (secondary N) is 3. The Balaban J connectivity index is 1.27. The quantitative estimate of drug-likeness (QED) is 0.127. The molecule has 0 spiro atoms. The fourth-order valence-corrected chi connectivity index (χ4v) is 8.51. The maximum absolute atomic E-state index is 14.0. The van der Waals surface area contributed by atoms with Crippen LogP contribution in [0.3, 0.4) is 0 Å². The van der Waals surface area contributed by atoms with Crippen molar-refractivity contribution < 1.29 is 72.9 Å². The fraction of sp³-hybridized carbons (Fsp3) is 0.526. The summed E-state index contributed by atoms with van der Waals surface area (Å²) in [5.74, 6) is -6.76. The van der Waals surface area contributed by atoms with Crippen LogP contribution in [0.1, 0.15) is 96.0 Å². The molecule has 0 saturated carbocycles. The molecule has 300 valence electrons. The Bertz CT molecular complexity index is 2010. The van der Waals surface area contributed by atoms with E-state index in [1.54, 1.807) is 13.8 Å². The second-order valence-corrected chi connectivity index (χ2v) is 15.0. The van der Waals surface area contributed by atoms with Crippen molar-refractivity contribution in [2.24, 2.45) is 5.92 Å². The molecule has 5 aliphatic rings. The summed E-state index contributed by atoms with van der Waals surface area (Å²) in [6.45, 7) is 5.94. The molecule has 3 heterocycles. The number of fused-ring (bicyclic) bond motifs is 4. The maximum atomic E-state index is 14.0. The third-order valence-electron chi connectivity index (χ3n) is 11.2. The van der Waals surface area contributed by atoms with Gasteiger partial charge in [0.1, 0.15) is 34.9 Å². The van der Waals surface area contributed by atoms with E-state index in [0.717, 1.165) is 6.92 Å². The zero-order valence-electron chi connectivity index (χ0n) is 31.1. The highest BCUT2D eigenvalue weighted by Crippen LogP contribution is 2.52. The van der Waals surface area contributed by atoms with E-state index in [4.69, 9.17) is 23.7 Å². The SMILES string of the molecule is COc1cccc2c1C(=O)c1c(O)c3c(c(O)c1C2=O)C[C@@](O)(C(C)=O)C[C@@H]3OC1CC2NC(C3C(=O)NC(=O)NC3=O)C(C)OC(CC(C)O)OC2C(C)O1. The van der Waals surface area contributed by atoms with Crippen LogP contribution in [0.15, 0.2) is 18.2 Å². The average Bonchev–Trinajstić information content (AvgIpc) is 3.11. The van der Waals surface area contributed by atoms with Gasteiger partial charge in [-0.05, 0) is 33.8 Å². The molecule has 0 aromatic heterocycles. The van der Waals surface area contributed by atoms with Crippen LogP contribution < -0.4 is 20.7 Å². The zero-order chi connectivity index (χ0) is 40.5. The molecule has 7 N–H and O–H groups in total. The minimum atomic E-state index is -2.14. The van der Waals surface area contributed by atoms with Crippen LogP contribution in [0.25, 0.3) is 0 Å². The normalized spacial score (nSPS) is 32.4. The molecular formula is C38H43N3O15. The van der Waals surface area contributed by atoms with Gasteiger partial charge in [-0.2, -0.15) is 0 Å². The molecule has 3 fully saturated rings. The number of ether oxygens (including phenoxy) is 5. The molecule has 0 bridgehead atoms. The lowest BCUT2D eigenvalue weighted by molar-refractivity contribution is -0.297. The first-order chi connectivity index (χ1) is 26.4. The van der Waals surface area contributed by atoms with E-state index in [2.05, 4.69) is 16.0 Å². The van der Waals surface area contributed by atoms with Crippen molar-refractivity contribution in [2.75, 3.05) is 7.11 Å². The highest BCUT2D eigenvalue weighted by atomic mass is 16.7. The van der Waals surface area contributed by atoms with Gasteiger partial charge in [-0.1, -0.05) is 12.1 Å². The summed E-state index contributed by atoms with van der Waals surface area (Å²) < 4.78 is 30.5. The first-order valence-electron chi connectivity index (χ1n) is 18.3. The summed E-state index contributed by atoms with van der Waals surface area (Å²) in [4.78, 5) is 78.8. The Morgan fingerprint density at radius 2 is 1.64 bits per heavy atom. The van der Waals surface area contributed by atoms with Gasteiger partial charge in [0.2, 0.25) is 17.6 Å². The summed E-state index contributed by atoms with van der Waals surface area (Å²) in [5.41, 5.74) is -3.63. The molecule has 3 aliphatic heterocycles. The van der Waals surface area contributed by atoms with Crippen LogP contribution in [0, 0.1) is 5.92 Å². The molecule has 2 aromatic rings. The third kappa shape index (κ3) is 6.63. The predicted octanol–water partition coefficient (Wildman–Crippen LogP) is 0.551. The predicted molar refractivity (Wildman–Crippen MR) is 188 cm³/mol. The highest BCUT2D eigenvalue weighted by Gasteiger charge is 2.52. The first kappa shape index (κ1) is 39.4. The summed E-state index contributed by atoms with van der Waals surface area (Å²) in [7, 11) is 1.31. The van der Waals surface area contributed by atoms with Crippen molar-refractivity contribution in [3.8, 4) is 17.2 Å². The van der Waals surface area contributed by atoms with E-state index in [9.17, 15) is 49.2 Å². The van der Waals surface area contributed by atoms with Crippen molar-refractivity contribution in [3.05, 3.63) is 51.6 Å². The molecule has 18 heteroatoms. The van der Waals surface area contributed by atoms with Crippen molar-refractivity contribution in [1.82, 2.24) is 16.0 Å². The van der Waals surface area contributed by atoms with Crippen molar-refractivity contribution in [1.29, 1.82) is 0 Å². The van der Waals surface area contributed by atoms with Gasteiger partial charge >= 0.3 is 6.03 Å². The van der Waals surface area contributed by atoms with Crippen molar-refractivity contribution >= 4 is 35.2 Å². The zero-order valence-corrected chi connectivity index (χ0v) is 31.1. The number of hydrogen-bond acceptors (Lipinski definition) is 16. The van der Waals surface area contributed by atoms with Gasteiger partial charge in [-0.3, -0.25) is 34.6 Å². The Morgan fingerprint density at radius 1 is 0.964 bits per heavy atom. The van der Waals surface area contributed by atoms with Gasteiger partial charge in [0.05, 0.1) is 54.3 Å². The first-order valence-corrected chi connectivity index (χ1v) is 18.3. The third-order valence-corrected chi connectivity index (χ3v) is 11.2. The molecule has 10 atom stereocenters. The van der Waals surface area contributed by atoms with Gasteiger partial charge in [0.15, 0.2) is 24.1 Å². The number of methoxy groups -OCH3 is 1.